The molecule has 1 heterocycles. The van der Waals surface area contributed by atoms with E-state index < -0.39 is 6.10 Å². The minimum Gasteiger partial charge on any atom is -0.438 e. The van der Waals surface area contributed by atoms with Crippen LogP contribution in [-0.2, 0) is 16.3 Å². The maximum atomic E-state index is 13.0. The Bertz CT molecular complexity index is 1140. The second-order valence-corrected chi connectivity index (χ2v) is 11.1. The number of nitrogens with zero attached hydrogens (tertiary/aromatic N) is 1. The van der Waals surface area contributed by atoms with Crippen molar-refractivity contribution in [3.8, 4) is 0 Å². The first-order chi connectivity index (χ1) is 18.2. The largest absolute Gasteiger partial charge is 0.438 e. The van der Waals surface area contributed by atoms with Gasteiger partial charge in [-0.05, 0) is 42.5 Å². The van der Waals surface area contributed by atoms with Crippen LogP contribution in [0.3, 0.4) is 0 Å². The van der Waals surface area contributed by atoms with Gasteiger partial charge in [0.1, 0.15) is 11.6 Å². The fourth-order valence-corrected chi connectivity index (χ4v) is 6.31. The second kappa shape index (κ2) is 14.9. The zero-order chi connectivity index (χ0) is 25.7. The molecule has 0 saturated carbocycles. The molecule has 0 aliphatic rings. The van der Waals surface area contributed by atoms with Gasteiger partial charge in [0.15, 0.2) is 5.58 Å². The van der Waals surface area contributed by atoms with Crippen molar-refractivity contribution >= 4 is 40.5 Å². The number of para-hydroxylation sites is 2. The lowest BCUT2D eigenvalue weighted by Gasteiger charge is -2.17. The zero-order valence-electron chi connectivity index (χ0n) is 20.9. The Hall–Kier alpha value is -2.74. The minimum absolute atomic E-state index is 0.0484. The van der Waals surface area contributed by atoms with Crippen LogP contribution >= 0.6 is 23.5 Å². The van der Waals surface area contributed by atoms with Crippen LogP contribution < -0.4 is 5.32 Å². The van der Waals surface area contributed by atoms with E-state index in [4.69, 9.17) is 4.42 Å². The lowest BCUT2D eigenvalue weighted by Crippen LogP contribution is -2.34. The molecule has 5 nitrogen and oxygen atoms in total. The van der Waals surface area contributed by atoms with Crippen molar-refractivity contribution in [1.82, 2.24) is 10.3 Å². The normalized spacial score (nSPS) is 12.2. The van der Waals surface area contributed by atoms with Crippen molar-refractivity contribution in [3.63, 3.8) is 0 Å². The number of benzene rings is 3. The van der Waals surface area contributed by atoms with E-state index in [1.165, 1.54) is 11.1 Å². The van der Waals surface area contributed by atoms with Crippen molar-refractivity contribution in [2.24, 2.45) is 5.92 Å². The van der Waals surface area contributed by atoms with Gasteiger partial charge in [-0.15, -0.1) is 0 Å². The molecule has 4 rings (SSSR count). The predicted molar refractivity (Wildman–Crippen MR) is 155 cm³/mol. The Morgan fingerprint density at radius 2 is 1.43 bits per heavy atom. The third-order valence-electron chi connectivity index (χ3n) is 6.03. The summed E-state index contributed by atoms with van der Waals surface area (Å²) in [6.07, 6.45) is 1.38. The smallest absolute Gasteiger partial charge is 0.224 e. The summed E-state index contributed by atoms with van der Waals surface area (Å²) in [5.41, 5.74) is 4.00. The van der Waals surface area contributed by atoms with Crippen LogP contribution in [0, 0.1) is 5.92 Å². The Kier molecular flexibility index (Phi) is 11.0. The first kappa shape index (κ1) is 27.3. The molecule has 0 bridgehead atoms. The summed E-state index contributed by atoms with van der Waals surface area (Å²) < 4.78 is 5.66. The average molecular weight is 535 g/mol. The number of aromatic nitrogens is 1. The van der Waals surface area contributed by atoms with Crippen LogP contribution in [0.25, 0.3) is 11.1 Å². The topological polar surface area (TPSA) is 75.4 Å². The van der Waals surface area contributed by atoms with Gasteiger partial charge in [0.05, 0.1) is 5.92 Å². The van der Waals surface area contributed by atoms with Crippen molar-refractivity contribution in [2.75, 3.05) is 18.1 Å². The van der Waals surface area contributed by atoms with Gasteiger partial charge >= 0.3 is 0 Å². The molecule has 1 atom stereocenters. The zero-order valence-corrected chi connectivity index (χ0v) is 22.6. The number of aliphatic hydroxyl groups excluding tert-OH is 1. The second-order valence-electron chi connectivity index (χ2n) is 9.02. The highest BCUT2D eigenvalue weighted by molar-refractivity contribution is 7.99. The van der Waals surface area contributed by atoms with E-state index in [1.54, 1.807) is 0 Å². The van der Waals surface area contributed by atoms with E-state index in [2.05, 4.69) is 58.8 Å². The molecule has 0 saturated heterocycles. The summed E-state index contributed by atoms with van der Waals surface area (Å²) in [5.74, 6) is 3.81. The van der Waals surface area contributed by atoms with Crippen LogP contribution in [0.2, 0.25) is 0 Å². The Morgan fingerprint density at radius 3 is 2.05 bits per heavy atom. The first-order valence-corrected chi connectivity index (χ1v) is 15.0. The molecule has 37 heavy (non-hydrogen) atoms. The molecule has 4 aromatic rings. The molecule has 0 unspecified atom stereocenters. The standard InChI is InChI=1S/C30H34N2O3S2/c33-27(30-32-26-15-7-8-17-28(26)35-30)16-9-10-18-31-29(34)25(21-36-19-23-11-3-1-4-12-23)22-37-20-24-13-5-2-6-14-24/h1-8,11-15,17,25,27,33H,9-10,16,18-22H2,(H,31,34)/t27-/m0/s1. The number of fused-ring (bicyclic) bond motifs is 1. The molecular formula is C30H34N2O3S2. The van der Waals surface area contributed by atoms with Gasteiger partial charge in [0, 0.05) is 29.6 Å². The summed E-state index contributed by atoms with van der Waals surface area (Å²) in [7, 11) is 0. The number of thioether (sulfide) groups is 2. The van der Waals surface area contributed by atoms with Crippen LogP contribution in [0.4, 0.5) is 0 Å². The molecule has 3 aromatic carbocycles. The van der Waals surface area contributed by atoms with E-state index in [0.29, 0.717) is 24.4 Å². The average Bonchev–Trinajstić information content (AvgIpc) is 3.38. The summed E-state index contributed by atoms with van der Waals surface area (Å²) in [5, 5.41) is 13.6. The van der Waals surface area contributed by atoms with E-state index in [-0.39, 0.29) is 11.8 Å². The lowest BCUT2D eigenvalue weighted by molar-refractivity contribution is -0.123. The Balaban J connectivity index is 1.20. The van der Waals surface area contributed by atoms with E-state index in [9.17, 15) is 9.90 Å². The monoisotopic (exact) mass is 534 g/mol. The summed E-state index contributed by atoms with van der Waals surface area (Å²) in [6, 6.07) is 28.3. The molecule has 0 spiro atoms. The minimum atomic E-state index is -0.736. The van der Waals surface area contributed by atoms with Crippen molar-refractivity contribution in [2.45, 2.75) is 36.9 Å². The van der Waals surface area contributed by atoms with Crippen LogP contribution in [0.15, 0.2) is 89.3 Å². The number of oxazole rings is 1. The maximum absolute atomic E-state index is 13.0. The van der Waals surface area contributed by atoms with Gasteiger partial charge in [-0.1, -0.05) is 72.8 Å². The van der Waals surface area contributed by atoms with E-state index in [0.717, 1.165) is 41.4 Å². The highest BCUT2D eigenvalue weighted by atomic mass is 32.2. The Morgan fingerprint density at radius 1 is 0.838 bits per heavy atom. The van der Waals surface area contributed by atoms with Gasteiger partial charge in [0.25, 0.3) is 0 Å². The fourth-order valence-electron chi connectivity index (χ4n) is 3.96. The number of hydrogen-bond acceptors (Lipinski definition) is 6. The number of unbranched alkanes of at least 4 members (excludes halogenated alkanes) is 1. The van der Waals surface area contributed by atoms with Gasteiger partial charge in [0.2, 0.25) is 11.8 Å². The van der Waals surface area contributed by atoms with Crippen molar-refractivity contribution in [1.29, 1.82) is 0 Å². The quantitative estimate of drug-likeness (QED) is 0.167. The van der Waals surface area contributed by atoms with E-state index >= 15 is 0 Å². The first-order valence-electron chi connectivity index (χ1n) is 12.7. The summed E-state index contributed by atoms with van der Waals surface area (Å²) >= 11 is 3.62. The number of carbonyl (C=O) groups is 1. The molecule has 0 radical (unpaired) electrons. The Labute approximate surface area is 227 Å². The molecule has 7 heteroatoms. The van der Waals surface area contributed by atoms with Crippen LogP contribution in [0.5, 0.6) is 0 Å². The maximum Gasteiger partial charge on any atom is 0.224 e. The number of carbonyl (C=O) groups excluding carboxylic acids is 1. The number of aliphatic hydroxyl groups is 1. The molecule has 0 aliphatic heterocycles. The third kappa shape index (κ3) is 8.95. The number of hydrogen-bond donors (Lipinski definition) is 2. The van der Waals surface area contributed by atoms with Gasteiger partial charge in [-0.2, -0.15) is 23.5 Å². The summed E-state index contributed by atoms with van der Waals surface area (Å²) in [6.45, 7) is 0.600. The molecule has 1 aromatic heterocycles. The lowest BCUT2D eigenvalue weighted by atomic mass is 10.1. The predicted octanol–water partition coefficient (Wildman–Crippen LogP) is 6.63. The van der Waals surface area contributed by atoms with Crippen LogP contribution in [-0.4, -0.2) is 34.0 Å². The molecule has 0 fully saturated rings. The van der Waals surface area contributed by atoms with Gasteiger partial charge < -0.3 is 14.8 Å². The molecule has 1 amide bonds. The highest BCUT2D eigenvalue weighted by Gasteiger charge is 2.19. The highest BCUT2D eigenvalue weighted by Crippen LogP contribution is 2.24. The third-order valence-corrected chi connectivity index (χ3v) is 8.38. The molecule has 2 N–H and O–H groups in total. The summed E-state index contributed by atoms with van der Waals surface area (Å²) in [4.78, 5) is 17.4. The number of nitrogens with one attached hydrogen (secondary N) is 1. The SMILES string of the molecule is O=C(NCCCC[C@H](O)c1nc2ccccc2o1)C(CSCc1ccccc1)CSCc1ccccc1. The van der Waals surface area contributed by atoms with Crippen molar-refractivity contribution in [3.05, 3.63) is 102 Å². The van der Waals surface area contributed by atoms with Gasteiger partial charge in [-0.3, -0.25) is 4.79 Å². The molecule has 0 aliphatic carbocycles. The van der Waals surface area contributed by atoms with Crippen LogP contribution in [0.1, 0.15) is 42.4 Å². The molecular weight excluding hydrogens is 500 g/mol. The van der Waals surface area contributed by atoms with Gasteiger partial charge in [-0.25, -0.2) is 4.98 Å². The number of rotatable bonds is 15. The fraction of sp³-hybridized carbons (Fsp3) is 0.333. The molecule has 194 valence electrons. The number of amides is 1. The van der Waals surface area contributed by atoms with E-state index in [1.807, 2.05) is 59.9 Å². The van der Waals surface area contributed by atoms with Crippen molar-refractivity contribution < 1.29 is 14.3 Å².